The molecule has 5 fully saturated rings. The van der Waals surface area contributed by atoms with Crippen molar-refractivity contribution in [3.05, 3.63) is 326 Å². The number of methoxy groups -OCH3 is 1. The molecule has 0 N–H and O–H groups in total. The summed E-state index contributed by atoms with van der Waals surface area (Å²) in [5.74, 6) is 46.8. The van der Waals surface area contributed by atoms with E-state index in [1.165, 1.54) is 265 Å². The highest BCUT2D eigenvalue weighted by Crippen LogP contribution is 2.39. The van der Waals surface area contributed by atoms with Crippen molar-refractivity contribution in [3.8, 4) is 88.0 Å². The van der Waals surface area contributed by atoms with Gasteiger partial charge in [0.25, 0.3) is 0 Å². The monoisotopic (exact) mass is 1870 g/mol. The molecular weight excluding hydrogens is 1700 g/mol. The van der Waals surface area contributed by atoms with E-state index in [2.05, 4.69) is 236 Å². The molecule has 5 saturated carbocycles. The summed E-state index contributed by atoms with van der Waals surface area (Å²) in [6, 6.07) is 84.3. The van der Waals surface area contributed by atoms with Crippen LogP contribution >= 0.6 is 0 Å². The Morgan fingerprint density at radius 2 is 0.364 bits per heavy atom. The highest BCUT2D eigenvalue weighted by molar-refractivity contribution is 5.50. The van der Waals surface area contributed by atoms with Crippen molar-refractivity contribution < 1.29 is 23.7 Å². The summed E-state index contributed by atoms with van der Waals surface area (Å²) in [7, 11) is 1.68. The van der Waals surface area contributed by atoms with Crippen LogP contribution in [0.2, 0.25) is 0 Å². The lowest BCUT2D eigenvalue weighted by atomic mass is 9.78. The maximum absolute atomic E-state index is 5.77. The molecule has 740 valence electrons. The molecule has 10 aromatic carbocycles. The molecule has 0 amide bonds. The van der Waals surface area contributed by atoms with Crippen LogP contribution in [0.1, 0.15) is 377 Å². The van der Waals surface area contributed by atoms with Crippen molar-refractivity contribution in [2.45, 2.75) is 326 Å². The van der Waals surface area contributed by atoms with E-state index < -0.39 is 0 Å². The highest BCUT2D eigenvalue weighted by atomic mass is 16.5. The zero-order valence-corrected chi connectivity index (χ0v) is 87.7. The number of hydrogen-bond acceptors (Lipinski definition) is 5. The minimum absolute atomic E-state index is 0.692. The molecule has 5 aliphatic carbocycles. The van der Waals surface area contributed by atoms with Crippen molar-refractivity contribution >= 4 is 0 Å². The normalized spacial score (nSPS) is 18.9. The van der Waals surface area contributed by atoms with Crippen LogP contribution in [-0.2, 0) is 32.1 Å². The molecule has 10 aromatic rings. The number of hydrogen-bond donors (Lipinski definition) is 0. The lowest BCUT2D eigenvalue weighted by Gasteiger charge is -2.27. The summed E-state index contributed by atoms with van der Waals surface area (Å²) >= 11 is 0. The maximum atomic E-state index is 5.77. The highest BCUT2D eigenvalue weighted by Gasteiger charge is 2.25. The summed E-state index contributed by atoms with van der Waals surface area (Å²) in [6.45, 7) is 23.2. The van der Waals surface area contributed by atoms with Crippen LogP contribution in [0.3, 0.4) is 0 Å². The second-order valence-electron chi connectivity index (χ2n) is 40.8. The van der Waals surface area contributed by atoms with Gasteiger partial charge in [0.1, 0.15) is 28.7 Å². The van der Waals surface area contributed by atoms with Crippen molar-refractivity contribution in [3.63, 3.8) is 0 Å². The van der Waals surface area contributed by atoms with Crippen LogP contribution in [0.5, 0.6) is 28.7 Å². The quantitative estimate of drug-likeness (QED) is 0.0293. The van der Waals surface area contributed by atoms with E-state index >= 15 is 0 Å². The van der Waals surface area contributed by atoms with Crippen LogP contribution < -0.4 is 23.7 Å². The molecule has 5 nitrogen and oxygen atoms in total. The maximum Gasteiger partial charge on any atom is 0.119 e. The fourth-order valence-corrected chi connectivity index (χ4v) is 20.5. The zero-order valence-electron chi connectivity index (χ0n) is 87.7. The summed E-state index contributed by atoms with van der Waals surface area (Å²) in [4.78, 5) is 0. The van der Waals surface area contributed by atoms with E-state index in [9.17, 15) is 0 Å². The Labute approximate surface area is 850 Å². The third kappa shape index (κ3) is 42.0. The average Bonchev–Trinajstić information content (AvgIpc) is 0.883. The number of aryl methyl sites for hydroxylation is 5. The predicted molar refractivity (Wildman–Crippen MR) is 594 cm³/mol. The van der Waals surface area contributed by atoms with E-state index in [1.807, 2.05) is 128 Å². The first kappa shape index (κ1) is 109. The molecule has 0 unspecified atom stereocenters. The van der Waals surface area contributed by atoms with Gasteiger partial charge in [-0.3, -0.25) is 0 Å². The van der Waals surface area contributed by atoms with Crippen LogP contribution in [-0.4, -0.2) is 33.5 Å². The second-order valence-corrected chi connectivity index (χ2v) is 40.8. The van der Waals surface area contributed by atoms with Gasteiger partial charge < -0.3 is 23.7 Å². The van der Waals surface area contributed by atoms with Crippen LogP contribution in [0.4, 0.5) is 0 Å². The van der Waals surface area contributed by atoms with E-state index in [1.54, 1.807) is 7.11 Å². The molecule has 0 aliphatic heterocycles. The Morgan fingerprint density at radius 3 is 0.550 bits per heavy atom. The Morgan fingerprint density at radius 1 is 0.186 bits per heavy atom. The fourth-order valence-electron chi connectivity index (χ4n) is 20.5. The van der Waals surface area contributed by atoms with Gasteiger partial charge in [0.05, 0.1) is 33.5 Å². The van der Waals surface area contributed by atoms with Gasteiger partial charge in [0.2, 0.25) is 0 Å². The molecule has 140 heavy (non-hydrogen) atoms. The molecule has 0 bridgehead atoms. The van der Waals surface area contributed by atoms with Gasteiger partial charge in [-0.15, -0.1) is 0 Å². The van der Waals surface area contributed by atoms with Gasteiger partial charge in [0.15, 0.2) is 0 Å². The molecule has 15 rings (SSSR count). The minimum Gasteiger partial charge on any atom is -0.497 e. The van der Waals surface area contributed by atoms with Crippen LogP contribution in [0, 0.1) is 118 Å². The summed E-state index contributed by atoms with van der Waals surface area (Å²) in [5, 5.41) is 0. The van der Waals surface area contributed by atoms with Gasteiger partial charge in [-0.2, -0.15) is 0 Å². The molecule has 0 aromatic heterocycles. The largest absolute Gasteiger partial charge is 0.497 e. The SMILES string of the molecule is CCCCCOc1ccc(C#Cc2ccc(CC[C@H]3CC[C@H](CC)CC3)cc2)cc1.CCCCOc1ccc(C#Cc2ccc(CC[C@H]3CC[C@H](CC)CC3)cc2)cc1.CCCOc1ccc(C#Cc2ccc(CC[C@H]3CC[C@H](CC)CC3)cc2)cc1.CCOc1ccc(C#Cc2ccc(CC[C@H]3CC[C@H](CC)CC3)cc2)cc1.CC[C@H]1CC[C@H](CCc2ccc(C#Cc3ccc(OC)cc3)cc2)CC1. The molecular formula is C135H170O5. The third-order valence-electron chi connectivity index (χ3n) is 30.5. The average molecular weight is 1870 g/mol. The number of benzene rings is 10. The van der Waals surface area contributed by atoms with Crippen molar-refractivity contribution in [2.24, 2.45) is 59.2 Å². The van der Waals surface area contributed by atoms with Gasteiger partial charge in [-0.1, -0.05) is 355 Å². The fraction of sp³-hybridized carbons (Fsp3) is 0.481. The first-order chi connectivity index (χ1) is 68.8. The summed E-state index contributed by atoms with van der Waals surface area (Å²) in [6.07, 6.45) is 55.2. The van der Waals surface area contributed by atoms with E-state index in [4.69, 9.17) is 23.7 Å². The molecule has 0 radical (unpaired) electrons. The smallest absolute Gasteiger partial charge is 0.119 e. The first-order valence-corrected chi connectivity index (χ1v) is 55.4. The molecule has 0 heterocycles. The summed E-state index contributed by atoms with van der Waals surface area (Å²) in [5.41, 5.74) is 17.7. The number of rotatable bonds is 35. The minimum atomic E-state index is 0.692. The Balaban J connectivity index is 0.000000168. The Hall–Kier alpha value is -11.0. The molecule has 5 heteroatoms. The number of unbranched alkanes of at least 4 members (excludes halogenated alkanes) is 3. The van der Waals surface area contributed by atoms with Gasteiger partial charge in [0, 0.05) is 55.6 Å². The van der Waals surface area contributed by atoms with Crippen LogP contribution in [0.15, 0.2) is 243 Å². The van der Waals surface area contributed by atoms with Crippen LogP contribution in [0.25, 0.3) is 0 Å². The van der Waals surface area contributed by atoms with E-state index in [-0.39, 0.29) is 0 Å². The Bertz CT molecular complexity index is 5350. The second kappa shape index (κ2) is 64.4. The van der Waals surface area contributed by atoms with E-state index in [0.717, 1.165) is 189 Å². The number of ether oxygens (including phenoxy) is 5. The topological polar surface area (TPSA) is 46.2 Å². The van der Waals surface area contributed by atoms with Crippen molar-refractivity contribution in [1.82, 2.24) is 0 Å². The van der Waals surface area contributed by atoms with E-state index in [0.29, 0.717) is 6.61 Å². The van der Waals surface area contributed by atoms with Gasteiger partial charge in [-0.05, 0) is 359 Å². The van der Waals surface area contributed by atoms with Crippen molar-refractivity contribution in [2.75, 3.05) is 33.5 Å². The molecule has 0 saturated heterocycles. The Kier molecular flexibility index (Phi) is 50.3. The third-order valence-corrected chi connectivity index (χ3v) is 30.5. The summed E-state index contributed by atoms with van der Waals surface area (Å²) < 4.78 is 27.7. The standard InChI is InChI=1S/C29H38O.C28H36O.C27H34O.C26H32O.C25H30O/c1-3-5-6-23-30-29-21-19-28(20-22-29)18-17-27-15-13-26(14-16-27)12-11-25-9-7-24(4-2)8-10-25;1-3-5-22-29-28-20-18-27(19-21-28)17-16-26-14-12-25(13-15-26)11-10-24-8-6-23(4-2)7-9-24;1-3-21-28-27-19-17-26(18-20-27)16-15-25-13-11-24(12-14-25)10-9-23-7-5-22(4-2)6-8-23;1-3-21-5-7-22(8-6-21)9-10-23-11-13-24(14-12-23)15-16-25-17-19-26(20-18-25)27-4-2;1-3-20-4-6-21(7-5-20)8-9-22-10-12-23(13-11-22)14-15-24-16-18-25(26-2)19-17-24/h13-16,19-22,24-25H,3-12,23H2,1-2H3;12-15,18-21,23-24H,3-11,22H2,1-2H3;11-14,17-20,22-23H,3-10,21H2,1-2H3;11-14,17-22H,3-10H2,1-2H3;10-13,16-21H,3-9H2,1-2H3/t24-,25-;23-,24-;22-,23-;21-,22-;20-,21-. The zero-order chi connectivity index (χ0) is 98.0. The lowest BCUT2D eigenvalue weighted by molar-refractivity contribution is 0.259. The molecule has 5 aliphatic rings. The molecule has 0 atom stereocenters. The first-order valence-electron chi connectivity index (χ1n) is 55.4. The van der Waals surface area contributed by atoms with Crippen molar-refractivity contribution in [1.29, 1.82) is 0 Å². The molecule has 0 spiro atoms. The lowest BCUT2D eigenvalue weighted by Crippen LogP contribution is -2.14. The van der Waals surface area contributed by atoms with Gasteiger partial charge in [-0.25, -0.2) is 0 Å². The van der Waals surface area contributed by atoms with Gasteiger partial charge >= 0.3 is 0 Å². The predicted octanol–water partition coefficient (Wildman–Crippen LogP) is 35.1.